The Kier molecular flexibility index (Phi) is 3.30. The zero-order chi connectivity index (χ0) is 8.20. The SMILES string of the molecule is C=C[C@@](C)(NC)C(=O)CC. The summed E-state index contributed by atoms with van der Waals surface area (Å²) in [5, 5.41) is 2.91. The van der Waals surface area contributed by atoms with Gasteiger partial charge in [-0.15, -0.1) is 6.58 Å². The van der Waals surface area contributed by atoms with Gasteiger partial charge in [0.2, 0.25) is 0 Å². The second-order valence-corrected chi connectivity index (χ2v) is 2.43. The lowest BCUT2D eigenvalue weighted by Gasteiger charge is -2.22. The Morgan fingerprint density at radius 3 is 2.40 bits per heavy atom. The van der Waals surface area contributed by atoms with Crippen molar-refractivity contribution in [1.29, 1.82) is 0 Å². The van der Waals surface area contributed by atoms with Crippen LogP contribution in [0, 0.1) is 0 Å². The summed E-state index contributed by atoms with van der Waals surface area (Å²) in [6.07, 6.45) is 2.18. The minimum atomic E-state index is -0.533. The first-order valence-corrected chi connectivity index (χ1v) is 3.46. The molecule has 0 heterocycles. The van der Waals surface area contributed by atoms with Crippen LogP contribution in [0.5, 0.6) is 0 Å². The molecule has 1 N–H and O–H groups in total. The fourth-order valence-corrected chi connectivity index (χ4v) is 0.723. The van der Waals surface area contributed by atoms with Gasteiger partial charge in [-0.05, 0) is 14.0 Å². The molecule has 0 fully saturated rings. The molecule has 58 valence electrons. The number of likely N-dealkylation sites (N-methyl/N-ethyl adjacent to an activating group) is 1. The van der Waals surface area contributed by atoms with Crippen LogP contribution in [-0.4, -0.2) is 18.4 Å². The van der Waals surface area contributed by atoms with Crippen LogP contribution >= 0.6 is 0 Å². The maximum absolute atomic E-state index is 11.2. The molecule has 0 rings (SSSR count). The molecular formula is C8H15NO. The summed E-state index contributed by atoms with van der Waals surface area (Å²) in [6, 6.07) is 0. The van der Waals surface area contributed by atoms with Crippen molar-refractivity contribution in [3.05, 3.63) is 12.7 Å². The Bertz CT molecular complexity index is 142. The molecule has 0 aliphatic carbocycles. The maximum Gasteiger partial charge on any atom is 0.156 e. The molecular weight excluding hydrogens is 126 g/mol. The van der Waals surface area contributed by atoms with Crippen molar-refractivity contribution in [2.24, 2.45) is 0 Å². The van der Waals surface area contributed by atoms with E-state index in [9.17, 15) is 4.79 Å². The Labute approximate surface area is 62.3 Å². The number of hydrogen-bond acceptors (Lipinski definition) is 2. The highest BCUT2D eigenvalue weighted by Gasteiger charge is 2.24. The first kappa shape index (κ1) is 9.37. The summed E-state index contributed by atoms with van der Waals surface area (Å²) in [7, 11) is 1.76. The van der Waals surface area contributed by atoms with Gasteiger partial charge in [0.1, 0.15) is 0 Å². The molecule has 0 aromatic heterocycles. The minimum Gasteiger partial charge on any atom is -0.305 e. The van der Waals surface area contributed by atoms with Crippen LogP contribution in [-0.2, 0) is 4.79 Å². The van der Waals surface area contributed by atoms with E-state index in [0.29, 0.717) is 6.42 Å². The molecule has 0 saturated heterocycles. The van der Waals surface area contributed by atoms with Crippen LogP contribution in [0.1, 0.15) is 20.3 Å². The second-order valence-electron chi connectivity index (χ2n) is 2.43. The number of nitrogens with one attached hydrogen (secondary N) is 1. The molecule has 0 spiro atoms. The van der Waals surface area contributed by atoms with Crippen molar-refractivity contribution >= 4 is 5.78 Å². The van der Waals surface area contributed by atoms with Gasteiger partial charge in [0.05, 0.1) is 5.54 Å². The van der Waals surface area contributed by atoms with Gasteiger partial charge >= 0.3 is 0 Å². The number of ketones is 1. The summed E-state index contributed by atoms with van der Waals surface area (Å²) >= 11 is 0. The molecule has 0 aliphatic rings. The Balaban J connectivity index is 4.31. The predicted molar refractivity (Wildman–Crippen MR) is 43.0 cm³/mol. The predicted octanol–water partition coefficient (Wildman–Crippen LogP) is 1.13. The lowest BCUT2D eigenvalue weighted by molar-refractivity contribution is -0.122. The van der Waals surface area contributed by atoms with Crippen LogP contribution in [0.15, 0.2) is 12.7 Å². The van der Waals surface area contributed by atoms with E-state index in [-0.39, 0.29) is 5.78 Å². The van der Waals surface area contributed by atoms with Gasteiger partial charge in [0.15, 0.2) is 5.78 Å². The number of rotatable bonds is 4. The average molecular weight is 141 g/mol. The Morgan fingerprint density at radius 1 is 1.80 bits per heavy atom. The van der Waals surface area contributed by atoms with Gasteiger partial charge in [-0.3, -0.25) is 4.79 Å². The van der Waals surface area contributed by atoms with Crippen molar-refractivity contribution in [3.63, 3.8) is 0 Å². The number of carbonyl (C=O) groups excluding carboxylic acids is 1. The lowest BCUT2D eigenvalue weighted by Crippen LogP contribution is -2.45. The molecule has 2 nitrogen and oxygen atoms in total. The third kappa shape index (κ3) is 1.67. The van der Waals surface area contributed by atoms with Crippen molar-refractivity contribution in [2.45, 2.75) is 25.8 Å². The maximum atomic E-state index is 11.2. The largest absolute Gasteiger partial charge is 0.305 e. The fourth-order valence-electron chi connectivity index (χ4n) is 0.723. The van der Waals surface area contributed by atoms with Crippen LogP contribution < -0.4 is 5.32 Å². The third-order valence-electron chi connectivity index (χ3n) is 1.83. The van der Waals surface area contributed by atoms with E-state index in [2.05, 4.69) is 11.9 Å². The minimum absolute atomic E-state index is 0.171. The molecule has 10 heavy (non-hydrogen) atoms. The van der Waals surface area contributed by atoms with Crippen LogP contribution in [0.3, 0.4) is 0 Å². The summed E-state index contributed by atoms with van der Waals surface area (Å²) in [5.41, 5.74) is -0.533. The second kappa shape index (κ2) is 3.52. The first-order valence-electron chi connectivity index (χ1n) is 3.46. The highest BCUT2D eigenvalue weighted by atomic mass is 16.1. The summed E-state index contributed by atoms with van der Waals surface area (Å²) < 4.78 is 0. The number of Topliss-reactive ketones (excluding diaryl/α,β-unsaturated/α-hetero) is 1. The molecule has 0 saturated carbocycles. The highest BCUT2D eigenvalue weighted by Crippen LogP contribution is 2.07. The average Bonchev–Trinajstić information content (AvgIpc) is 2.01. The van der Waals surface area contributed by atoms with Crippen LogP contribution in [0.25, 0.3) is 0 Å². The zero-order valence-corrected chi connectivity index (χ0v) is 6.90. The Morgan fingerprint density at radius 2 is 2.30 bits per heavy atom. The van der Waals surface area contributed by atoms with Gasteiger partial charge in [-0.25, -0.2) is 0 Å². The summed E-state index contributed by atoms with van der Waals surface area (Å²) in [4.78, 5) is 11.2. The molecule has 0 radical (unpaired) electrons. The standard InChI is InChI=1S/C8H15NO/c1-5-7(10)8(3,6-2)9-4/h6,9H,2,5H2,1,3-4H3/t8-/m1/s1. The smallest absolute Gasteiger partial charge is 0.156 e. The van der Waals surface area contributed by atoms with Crippen molar-refractivity contribution < 1.29 is 4.79 Å². The molecule has 1 atom stereocenters. The van der Waals surface area contributed by atoms with Gasteiger partial charge in [0, 0.05) is 6.42 Å². The molecule has 2 heteroatoms. The Hall–Kier alpha value is -0.630. The van der Waals surface area contributed by atoms with E-state index in [1.807, 2.05) is 13.8 Å². The molecule has 0 unspecified atom stereocenters. The topological polar surface area (TPSA) is 29.1 Å². The van der Waals surface area contributed by atoms with E-state index >= 15 is 0 Å². The summed E-state index contributed by atoms with van der Waals surface area (Å²) in [5.74, 6) is 0.171. The third-order valence-corrected chi connectivity index (χ3v) is 1.83. The van der Waals surface area contributed by atoms with Crippen LogP contribution in [0.4, 0.5) is 0 Å². The molecule has 0 aliphatic heterocycles. The normalized spacial score (nSPS) is 15.9. The monoisotopic (exact) mass is 141 g/mol. The van der Waals surface area contributed by atoms with E-state index < -0.39 is 5.54 Å². The molecule has 0 amide bonds. The van der Waals surface area contributed by atoms with Crippen molar-refractivity contribution in [2.75, 3.05) is 7.05 Å². The lowest BCUT2D eigenvalue weighted by atomic mass is 9.95. The van der Waals surface area contributed by atoms with Gasteiger partial charge < -0.3 is 5.32 Å². The van der Waals surface area contributed by atoms with Gasteiger partial charge in [-0.1, -0.05) is 13.0 Å². The fraction of sp³-hybridized carbons (Fsp3) is 0.625. The summed E-state index contributed by atoms with van der Waals surface area (Å²) in [6.45, 7) is 7.26. The molecule has 0 bridgehead atoms. The number of hydrogen-bond donors (Lipinski definition) is 1. The van der Waals surface area contributed by atoms with Crippen molar-refractivity contribution in [3.8, 4) is 0 Å². The quantitative estimate of drug-likeness (QED) is 0.595. The number of carbonyl (C=O) groups is 1. The first-order chi connectivity index (χ1) is 4.60. The molecule has 0 aromatic carbocycles. The van der Waals surface area contributed by atoms with Crippen molar-refractivity contribution in [1.82, 2.24) is 5.32 Å². The van der Waals surface area contributed by atoms with Gasteiger partial charge in [0.25, 0.3) is 0 Å². The van der Waals surface area contributed by atoms with E-state index in [1.165, 1.54) is 0 Å². The zero-order valence-electron chi connectivity index (χ0n) is 6.90. The van der Waals surface area contributed by atoms with E-state index in [4.69, 9.17) is 0 Å². The van der Waals surface area contributed by atoms with Crippen LogP contribution in [0.2, 0.25) is 0 Å². The highest BCUT2D eigenvalue weighted by molar-refractivity contribution is 5.89. The van der Waals surface area contributed by atoms with E-state index in [0.717, 1.165) is 0 Å². The molecule has 0 aromatic rings. The van der Waals surface area contributed by atoms with E-state index in [1.54, 1.807) is 13.1 Å². The van der Waals surface area contributed by atoms with Gasteiger partial charge in [-0.2, -0.15) is 0 Å².